The van der Waals surface area contributed by atoms with Gasteiger partial charge in [0.2, 0.25) is 0 Å². The molecule has 0 spiro atoms. The van der Waals surface area contributed by atoms with Gasteiger partial charge in [0.15, 0.2) is 5.96 Å². The summed E-state index contributed by atoms with van der Waals surface area (Å²) in [6.07, 6.45) is 0.00460. The number of aliphatic imine (C=N–C) groups is 1. The third kappa shape index (κ3) is 5.01. The molecule has 0 aliphatic carbocycles. The normalized spacial score (nSPS) is 13.0. The van der Waals surface area contributed by atoms with Crippen molar-refractivity contribution in [2.75, 3.05) is 21.2 Å². The number of ether oxygens (including phenoxy) is 1. The van der Waals surface area contributed by atoms with Crippen LogP contribution in [0.4, 0.5) is 4.39 Å². The van der Waals surface area contributed by atoms with Crippen LogP contribution in [0.1, 0.15) is 29.3 Å². The molecule has 130 valence electrons. The van der Waals surface area contributed by atoms with Crippen LogP contribution in [0.2, 0.25) is 0 Å². The molecule has 2 rings (SSSR count). The zero-order valence-corrected chi connectivity index (χ0v) is 15.2. The summed E-state index contributed by atoms with van der Waals surface area (Å²) in [6.45, 7) is 3.21. The number of hydrogen-bond donors (Lipinski definition) is 1. The van der Waals surface area contributed by atoms with E-state index in [-0.39, 0.29) is 11.9 Å². The highest BCUT2D eigenvalue weighted by Crippen LogP contribution is 2.20. The van der Waals surface area contributed by atoms with Gasteiger partial charge in [-0.25, -0.2) is 9.37 Å². The summed E-state index contributed by atoms with van der Waals surface area (Å²) in [5, 5.41) is 6.27. The molecule has 2 aromatic rings. The van der Waals surface area contributed by atoms with Gasteiger partial charge in [0, 0.05) is 33.1 Å². The van der Waals surface area contributed by atoms with Crippen LogP contribution in [0.3, 0.4) is 0 Å². The maximum Gasteiger partial charge on any atom is 0.194 e. The second-order valence-electron chi connectivity index (χ2n) is 5.44. The van der Waals surface area contributed by atoms with Gasteiger partial charge in [-0.2, -0.15) is 0 Å². The van der Waals surface area contributed by atoms with Crippen molar-refractivity contribution in [3.63, 3.8) is 0 Å². The molecule has 1 heterocycles. The summed E-state index contributed by atoms with van der Waals surface area (Å²) in [6, 6.07) is 6.43. The molecule has 0 radical (unpaired) electrons. The number of halogens is 1. The molecule has 0 bridgehead atoms. The highest BCUT2D eigenvalue weighted by molar-refractivity contribution is 7.09. The summed E-state index contributed by atoms with van der Waals surface area (Å²) in [5.74, 6) is 0.526. The number of rotatable bonds is 6. The van der Waals surface area contributed by atoms with Gasteiger partial charge >= 0.3 is 0 Å². The first kappa shape index (κ1) is 18.4. The van der Waals surface area contributed by atoms with Gasteiger partial charge in [0.25, 0.3) is 0 Å². The lowest BCUT2D eigenvalue weighted by molar-refractivity contribution is 0.119. The molecule has 1 aromatic carbocycles. The lowest BCUT2D eigenvalue weighted by atomic mass is 10.2. The monoisotopic (exact) mass is 350 g/mol. The maximum atomic E-state index is 12.9. The van der Waals surface area contributed by atoms with Crippen molar-refractivity contribution in [3.05, 3.63) is 51.7 Å². The molecular weight excluding hydrogens is 327 g/mol. The number of thiazole rings is 1. The van der Waals surface area contributed by atoms with E-state index < -0.39 is 0 Å². The molecule has 0 saturated heterocycles. The van der Waals surface area contributed by atoms with Gasteiger partial charge in [-0.1, -0.05) is 12.1 Å². The summed E-state index contributed by atoms with van der Waals surface area (Å²) in [5.41, 5.74) is 1.97. The van der Waals surface area contributed by atoms with E-state index in [1.807, 2.05) is 24.3 Å². The number of guanidine groups is 1. The highest BCUT2D eigenvalue weighted by atomic mass is 32.1. The molecule has 5 nitrogen and oxygen atoms in total. The molecular formula is C17H23FN4OS. The minimum absolute atomic E-state index is 0.00460. The third-order valence-corrected chi connectivity index (χ3v) is 4.66. The van der Waals surface area contributed by atoms with Crippen LogP contribution in [-0.2, 0) is 17.8 Å². The third-order valence-electron chi connectivity index (χ3n) is 3.61. The zero-order chi connectivity index (χ0) is 17.5. The van der Waals surface area contributed by atoms with Crippen LogP contribution in [-0.4, -0.2) is 37.0 Å². The SMILES string of the molecule is CN=C(NCc1ccc(F)cc1)N(C)Cc1csc(C(C)OC)n1. The van der Waals surface area contributed by atoms with Crippen LogP contribution in [0, 0.1) is 5.82 Å². The molecule has 1 aromatic heterocycles. The van der Waals surface area contributed by atoms with E-state index in [0.29, 0.717) is 13.1 Å². The van der Waals surface area contributed by atoms with E-state index in [4.69, 9.17) is 4.74 Å². The Morgan fingerprint density at radius 3 is 2.75 bits per heavy atom. The fourth-order valence-corrected chi connectivity index (χ4v) is 3.01. The summed E-state index contributed by atoms with van der Waals surface area (Å²) >= 11 is 1.60. The molecule has 1 N–H and O–H groups in total. The topological polar surface area (TPSA) is 49.8 Å². The number of nitrogens with one attached hydrogen (secondary N) is 1. The maximum absolute atomic E-state index is 12.9. The molecule has 24 heavy (non-hydrogen) atoms. The van der Waals surface area contributed by atoms with Crippen LogP contribution >= 0.6 is 11.3 Å². The molecule has 0 aliphatic heterocycles. The van der Waals surface area contributed by atoms with E-state index in [9.17, 15) is 4.39 Å². The summed E-state index contributed by atoms with van der Waals surface area (Å²) in [7, 11) is 5.38. The van der Waals surface area contributed by atoms with Crippen molar-refractivity contribution >= 4 is 17.3 Å². The Hall–Kier alpha value is -1.99. The number of aromatic nitrogens is 1. The first-order chi connectivity index (χ1) is 11.5. The van der Waals surface area contributed by atoms with Crippen molar-refractivity contribution in [2.45, 2.75) is 26.1 Å². The average Bonchev–Trinajstić information content (AvgIpc) is 3.04. The van der Waals surface area contributed by atoms with Gasteiger partial charge in [0.1, 0.15) is 16.9 Å². The smallest absolute Gasteiger partial charge is 0.194 e. The molecule has 0 saturated carbocycles. The van der Waals surface area contributed by atoms with Crippen molar-refractivity contribution in [1.29, 1.82) is 0 Å². The second-order valence-corrected chi connectivity index (χ2v) is 6.33. The number of methoxy groups -OCH3 is 1. The number of benzene rings is 1. The van der Waals surface area contributed by atoms with E-state index in [0.717, 1.165) is 22.2 Å². The van der Waals surface area contributed by atoms with E-state index in [2.05, 4.69) is 15.3 Å². The molecule has 7 heteroatoms. The first-order valence-electron chi connectivity index (χ1n) is 7.66. The quantitative estimate of drug-likeness (QED) is 0.642. The Kier molecular flexibility index (Phi) is 6.69. The van der Waals surface area contributed by atoms with Crippen LogP contribution in [0.5, 0.6) is 0 Å². The van der Waals surface area contributed by atoms with Gasteiger partial charge in [-0.3, -0.25) is 4.99 Å². The fraction of sp³-hybridized carbons (Fsp3) is 0.412. The minimum atomic E-state index is -0.232. The Morgan fingerprint density at radius 1 is 1.42 bits per heavy atom. The van der Waals surface area contributed by atoms with Crippen molar-refractivity contribution in [3.8, 4) is 0 Å². The minimum Gasteiger partial charge on any atom is -0.375 e. The Morgan fingerprint density at radius 2 is 2.12 bits per heavy atom. The second kappa shape index (κ2) is 8.75. The molecule has 0 aliphatic rings. The number of nitrogens with zero attached hydrogens (tertiary/aromatic N) is 3. The van der Waals surface area contributed by atoms with Crippen molar-refractivity contribution < 1.29 is 9.13 Å². The summed E-state index contributed by atoms with van der Waals surface area (Å²) < 4.78 is 18.2. The Bertz CT molecular complexity index is 671. The number of hydrogen-bond acceptors (Lipinski definition) is 4. The highest BCUT2D eigenvalue weighted by Gasteiger charge is 2.12. The van der Waals surface area contributed by atoms with Crippen LogP contribution < -0.4 is 5.32 Å². The lowest BCUT2D eigenvalue weighted by Crippen LogP contribution is -2.38. The van der Waals surface area contributed by atoms with Crippen LogP contribution in [0.15, 0.2) is 34.6 Å². The van der Waals surface area contributed by atoms with E-state index in [1.54, 1.807) is 37.6 Å². The Balaban J connectivity index is 1.92. The zero-order valence-electron chi connectivity index (χ0n) is 14.4. The lowest BCUT2D eigenvalue weighted by Gasteiger charge is -2.21. The first-order valence-corrected chi connectivity index (χ1v) is 8.54. The van der Waals surface area contributed by atoms with Crippen LogP contribution in [0.25, 0.3) is 0 Å². The van der Waals surface area contributed by atoms with E-state index in [1.165, 1.54) is 12.1 Å². The largest absolute Gasteiger partial charge is 0.375 e. The molecule has 0 amide bonds. The van der Waals surface area contributed by atoms with Crippen molar-refractivity contribution in [2.24, 2.45) is 4.99 Å². The summed E-state index contributed by atoms with van der Waals surface area (Å²) in [4.78, 5) is 10.9. The van der Waals surface area contributed by atoms with Gasteiger partial charge in [-0.15, -0.1) is 11.3 Å². The van der Waals surface area contributed by atoms with Crippen molar-refractivity contribution in [1.82, 2.24) is 15.2 Å². The standard InChI is InChI=1S/C17H23FN4OS/c1-12(23-4)16-21-15(11-24-16)10-22(3)17(19-2)20-9-13-5-7-14(18)8-6-13/h5-8,11-12H,9-10H2,1-4H3,(H,19,20). The Labute approximate surface area is 146 Å². The molecule has 0 fully saturated rings. The molecule has 1 unspecified atom stereocenters. The molecule has 1 atom stereocenters. The van der Waals surface area contributed by atoms with E-state index >= 15 is 0 Å². The fourth-order valence-electron chi connectivity index (χ4n) is 2.17. The van der Waals surface area contributed by atoms with Gasteiger partial charge in [-0.05, 0) is 24.6 Å². The predicted octanol–water partition coefficient (Wildman–Crippen LogP) is 3.20. The predicted molar refractivity (Wildman–Crippen MR) is 95.6 cm³/mol. The average molecular weight is 350 g/mol. The van der Waals surface area contributed by atoms with Gasteiger partial charge in [0.05, 0.1) is 12.2 Å². The van der Waals surface area contributed by atoms with Gasteiger partial charge < -0.3 is 15.0 Å².